The van der Waals surface area contributed by atoms with E-state index in [9.17, 15) is 13.4 Å². The van der Waals surface area contributed by atoms with Crippen LogP contribution in [0.3, 0.4) is 0 Å². The minimum Gasteiger partial charge on any atom is -0.431 e. The van der Waals surface area contributed by atoms with Crippen molar-refractivity contribution in [1.29, 1.82) is 0 Å². The molecule has 32 heavy (non-hydrogen) atoms. The summed E-state index contributed by atoms with van der Waals surface area (Å²) in [4.78, 5) is 16.6. The standard InChI is InChI=1S/C21H21FN4O4S2/c1-5-24-21(31)30-16-10-17-14(8-11(16)2)12(3)15(20(27)29-17)9-13-6-7-25-19(18(13)22)26-32(28)23-4/h5-8,10,23H,1,9H2,2-4H3,(H,24,31)(H,25,26). The average molecular weight is 477 g/mol. The van der Waals surface area contributed by atoms with Crippen LogP contribution in [0.2, 0.25) is 0 Å². The third-order valence-corrected chi connectivity index (χ3v) is 5.67. The molecule has 11 heteroatoms. The maximum atomic E-state index is 14.9. The zero-order valence-electron chi connectivity index (χ0n) is 17.6. The molecule has 1 atom stereocenters. The lowest BCUT2D eigenvalue weighted by Gasteiger charge is -2.13. The number of pyridine rings is 1. The summed E-state index contributed by atoms with van der Waals surface area (Å²) in [6.07, 6.45) is 2.74. The molecule has 0 fully saturated rings. The van der Waals surface area contributed by atoms with Gasteiger partial charge in [-0.1, -0.05) is 6.58 Å². The second kappa shape index (κ2) is 9.98. The van der Waals surface area contributed by atoms with Crippen LogP contribution in [0.1, 0.15) is 22.3 Å². The molecule has 3 aromatic rings. The summed E-state index contributed by atoms with van der Waals surface area (Å²) in [6, 6.07) is 4.86. The number of ether oxygens (including phenoxy) is 1. The predicted octanol–water partition coefficient (Wildman–Crippen LogP) is 3.14. The van der Waals surface area contributed by atoms with Crippen LogP contribution < -0.4 is 25.1 Å². The largest absolute Gasteiger partial charge is 0.431 e. The maximum absolute atomic E-state index is 14.9. The topological polar surface area (TPSA) is 105 Å². The van der Waals surface area contributed by atoms with Gasteiger partial charge in [-0.3, -0.25) is 4.72 Å². The smallest absolute Gasteiger partial charge is 0.340 e. The van der Waals surface area contributed by atoms with Crippen molar-refractivity contribution in [3.05, 3.63) is 75.7 Å². The number of hydrogen-bond donors (Lipinski definition) is 3. The molecule has 0 spiro atoms. The van der Waals surface area contributed by atoms with Gasteiger partial charge in [0, 0.05) is 29.6 Å². The summed E-state index contributed by atoms with van der Waals surface area (Å²) in [5.41, 5.74) is 1.66. The number of anilines is 1. The molecule has 3 rings (SSSR count). The number of benzene rings is 1. The van der Waals surface area contributed by atoms with Gasteiger partial charge < -0.3 is 14.5 Å². The highest BCUT2D eigenvalue weighted by atomic mass is 32.2. The van der Waals surface area contributed by atoms with Gasteiger partial charge in [0.25, 0.3) is 5.17 Å². The van der Waals surface area contributed by atoms with Crippen molar-refractivity contribution in [1.82, 2.24) is 15.0 Å². The number of fused-ring (bicyclic) bond motifs is 1. The summed E-state index contributed by atoms with van der Waals surface area (Å²) in [7, 11) is 1.45. The van der Waals surface area contributed by atoms with Crippen LogP contribution in [-0.2, 0) is 17.6 Å². The number of thiocarbonyl (C=S) groups is 1. The molecule has 0 bridgehead atoms. The van der Waals surface area contributed by atoms with Gasteiger partial charge in [-0.15, -0.1) is 0 Å². The first-order chi connectivity index (χ1) is 15.2. The van der Waals surface area contributed by atoms with Gasteiger partial charge in [0.2, 0.25) is 0 Å². The average Bonchev–Trinajstić information content (AvgIpc) is 2.75. The van der Waals surface area contributed by atoms with Crippen LogP contribution in [0, 0.1) is 19.7 Å². The normalized spacial score (nSPS) is 11.8. The molecule has 0 radical (unpaired) electrons. The number of nitrogens with one attached hydrogen (secondary N) is 3. The highest BCUT2D eigenvalue weighted by Crippen LogP contribution is 2.29. The van der Waals surface area contributed by atoms with E-state index in [0.29, 0.717) is 27.8 Å². The highest BCUT2D eigenvalue weighted by Gasteiger charge is 2.18. The predicted molar refractivity (Wildman–Crippen MR) is 126 cm³/mol. The van der Waals surface area contributed by atoms with Gasteiger partial charge in [-0.2, -0.15) is 0 Å². The Morgan fingerprint density at radius 1 is 1.41 bits per heavy atom. The summed E-state index contributed by atoms with van der Waals surface area (Å²) < 4.78 is 42.4. The second-order valence-corrected chi connectivity index (χ2v) is 8.25. The van der Waals surface area contributed by atoms with E-state index in [2.05, 4.69) is 26.3 Å². The van der Waals surface area contributed by atoms with Gasteiger partial charge in [-0.25, -0.2) is 23.1 Å². The van der Waals surface area contributed by atoms with Crippen LogP contribution >= 0.6 is 12.2 Å². The molecule has 8 nitrogen and oxygen atoms in total. The van der Waals surface area contributed by atoms with Gasteiger partial charge >= 0.3 is 5.63 Å². The van der Waals surface area contributed by atoms with Crippen molar-refractivity contribution in [2.45, 2.75) is 20.3 Å². The summed E-state index contributed by atoms with van der Waals surface area (Å²) in [5.74, 6) is -0.446. The Labute approximate surface area is 191 Å². The molecule has 1 aromatic carbocycles. The van der Waals surface area contributed by atoms with Crippen molar-refractivity contribution in [3.8, 4) is 5.75 Å². The van der Waals surface area contributed by atoms with E-state index in [-0.39, 0.29) is 23.0 Å². The molecule has 0 saturated heterocycles. The molecule has 2 heterocycles. The first-order valence-electron chi connectivity index (χ1n) is 9.40. The van der Waals surface area contributed by atoms with E-state index in [1.165, 1.54) is 25.5 Å². The third-order valence-electron chi connectivity index (χ3n) is 4.72. The fourth-order valence-corrected chi connectivity index (χ4v) is 3.67. The molecule has 0 amide bonds. The summed E-state index contributed by atoms with van der Waals surface area (Å²) in [6.45, 7) is 7.12. The lowest BCUT2D eigenvalue weighted by atomic mass is 9.98. The quantitative estimate of drug-likeness (QED) is 0.355. The zero-order chi connectivity index (χ0) is 23.4. The number of aromatic nitrogens is 1. The Hall–Kier alpha value is -3.15. The number of halogens is 1. The molecular weight excluding hydrogens is 455 g/mol. The number of aryl methyl sites for hydroxylation is 2. The van der Waals surface area contributed by atoms with Gasteiger partial charge in [0.15, 0.2) is 22.8 Å². The first-order valence-corrected chi connectivity index (χ1v) is 11.0. The third kappa shape index (κ3) is 5.01. The molecular formula is C21H21FN4O4S2. The zero-order valence-corrected chi connectivity index (χ0v) is 19.2. The van der Waals surface area contributed by atoms with E-state index in [1.807, 2.05) is 13.0 Å². The van der Waals surface area contributed by atoms with Crippen molar-refractivity contribution in [2.75, 3.05) is 11.8 Å². The summed E-state index contributed by atoms with van der Waals surface area (Å²) in [5, 5.41) is 3.46. The molecule has 0 aliphatic heterocycles. The van der Waals surface area contributed by atoms with E-state index in [4.69, 9.17) is 21.4 Å². The van der Waals surface area contributed by atoms with Crippen molar-refractivity contribution < 1.29 is 17.8 Å². The van der Waals surface area contributed by atoms with E-state index >= 15 is 0 Å². The Morgan fingerprint density at radius 2 is 2.16 bits per heavy atom. The van der Waals surface area contributed by atoms with Crippen molar-refractivity contribution in [2.24, 2.45) is 0 Å². The first kappa shape index (κ1) is 23.5. The minimum absolute atomic E-state index is 0.0238. The van der Waals surface area contributed by atoms with Gasteiger partial charge in [0.05, 0.1) is 0 Å². The van der Waals surface area contributed by atoms with E-state index < -0.39 is 22.6 Å². The molecule has 0 aliphatic carbocycles. The van der Waals surface area contributed by atoms with Crippen LogP contribution in [0.25, 0.3) is 11.0 Å². The molecule has 0 aliphatic rings. The second-order valence-electron chi connectivity index (χ2n) is 6.73. The molecule has 2 aromatic heterocycles. The Bertz CT molecular complexity index is 1290. The van der Waals surface area contributed by atoms with E-state index in [1.54, 1.807) is 13.0 Å². The van der Waals surface area contributed by atoms with Crippen LogP contribution in [0.4, 0.5) is 10.2 Å². The highest BCUT2D eigenvalue weighted by molar-refractivity contribution is 7.84. The molecule has 3 N–H and O–H groups in total. The SMILES string of the molecule is C=CNC(=S)Oc1cc2oc(=O)c(Cc3ccnc(NS(=O)NC)c3F)c(C)c2cc1C. The fraction of sp³-hybridized carbons (Fsp3) is 0.190. The van der Waals surface area contributed by atoms with E-state index in [0.717, 1.165) is 5.56 Å². The van der Waals surface area contributed by atoms with Crippen LogP contribution in [-0.4, -0.2) is 21.4 Å². The van der Waals surface area contributed by atoms with Crippen molar-refractivity contribution in [3.63, 3.8) is 0 Å². The van der Waals surface area contributed by atoms with Crippen LogP contribution in [0.5, 0.6) is 5.75 Å². The molecule has 0 saturated carbocycles. The lowest BCUT2D eigenvalue weighted by molar-refractivity contribution is 0.528. The summed E-state index contributed by atoms with van der Waals surface area (Å²) >= 11 is 3.36. The Balaban J connectivity index is 2.01. The molecule has 1 unspecified atom stereocenters. The van der Waals surface area contributed by atoms with Crippen LogP contribution in [0.15, 0.2) is 46.4 Å². The van der Waals surface area contributed by atoms with Gasteiger partial charge in [-0.05, 0) is 68.1 Å². The fourth-order valence-electron chi connectivity index (χ4n) is 3.07. The number of rotatable bonds is 7. The van der Waals surface area contributed by atoms with Crippen molar-refractivity contribution >= 4 is 45.4 Å². The maximum Gasteiger partial charge on any atom is 0.340 e. The Morgan fingerprint density at radius 3 is 2.84 bits per heavy atom. The monoisotopic (exact) mass is 476 g/mol. The number of hydrogen-bond acceptors (Lipinski definition) is 6. The lowest BCUT2D eigenvalue weighted by Crippen LogP contribution is -2.21. The molecule has 168 valence electrons. The number of nitrogens with zero attached hydrogens (tertiary/aromatic N) is 1. The van der Waals surface area contributed by atoms with Gasteiger partial charge in [0.1, 0.15) is 11.3 Å². The minimum atomic E-state index is -1.69. The Kier molecular flexibility index (Phi) is 7.33.